The lowest BCUT2D eigenvalue weighted by Crippen LogP contribution is -2.16. The predicted octanol–water partition coefficient (Wildman–Crippen LogP) is 4.32. The Morgan fingerprint density at radius 2 is 2.44 bits per heavy atom. The summed E-state index contributed by atoms with van der Waals surface area (Å²) in [5.41, 5.74) is 1.19. The molecule has 18 heavy (non-hydrogen) atoms. The summed E-state index contributed by atoms with van der Waals surface area (Å²) in [7, 11) is 2.02. The third kappa shape index (κ3) is 3.47. The molecule has 1 saturated heterocycles. The fourth-order valence-electron chi connectivity index (χ4n) is 2.51. The molecule has 2 rings (SSSR count). The Kier molecular flexibility index (Phi) is 5.49. The smallest absolute Gasteiger partial charge is 0.0590 e. The first-order valence-electron chi connectivity index (χ1n) is 6.74. The molecule has 0 amide bonds. The number of halogens is 1. The van der Waals surface area contributed by atoms with Crippen LogP contribution in [-0.4, -0.2) is 19.8 Å². The zero-order chi connectivity index (χ0) is 13.0. The molecule has 0 saturated carbocycles. The van der Waals surface area contributed by atoms with E-state index in [1.165, 1.54) is 36.1 Å². The van der Waals surface area contributed by atoms with Crippen LogP contribution >= 0.6 is 22.9 Å². The van der Waals surface area contributed by atoms with Crippen molar-refractivity contribution in [1.29, 1.82) is 0 Å². The first-order valence-corrected chi connectivity index (χ1v) is 8.00. The second kappa shape index (κ2) is 6.90. The maximum atomic E-state index is 6.33. The van der Waals surface area contributed by atoms with Crippen molar-refractivity contribution in [2.24, 2.45) is 0 Å². The van der Waals surface area contributed by atoms with Crippen LogP contribution in [0.2, 0.25) is 5.02 Å². The van der Waals surface area contributed by atoms with Crippen LogP contribution in [-0.2, 0) is 4.74 Å². The first-order chi connectivity index (χ1) is 8.72. The van der Waals surface area contributed by atoms with Crippen LogP contribution in [0.15, 0.2) is 5.38 Å². The lowest BCUT2D eigenvalue weighted by molar-refractivity contribution is 0.101. The van der Waals surface area contributed by atoms with Gasteiger partial charge in [-0.25, -0.2) is 0 Å². The van der Waals surface area contributed by atoms with Gasteiger partial charge in [0, 0.05) is 17.5 Å². The SMILES string of the molecule is CNC(CCCC1CCCO1)c1scc(C)c1Cl. The van der Waals surface area contributed by atoms with Crippen LogP contribution in [0.5, 0.6) is 0 Å². The highest BCUT2D eigenvalue weighted by atomic mass is 35.5. The summed E-state index contributed by atoms with van der Waals surface area (Å²) in [6.07, 6.45) is 6.49. The molecule has 1 aliphatic rings. The van der Waals surface area contributed by atoms with Gasteiger partial charge in [0.25, 0.3) is 0 Å². The van der Waals surface area contributed by atoms with E-state index < -0.39 is 0 Å². The summed E-state index contributed by atoms with van der Waals surface area (Å²) >= 11 is 8.10. The van der Waals surface area contributed by atoms with Crippen molar-refractivity contribution in [1.82, 2.24) is 5.32 Å². The van der Waals surface area contributed by atoms with Gasteiger partial charge in [-0.2, -0.15) is 0 Å². The Balaban J connectivity index is 1.83. The molecule has 2 unspecified atom stereocenters. The summed E-state index contributed by atoms with van der Waals surface area (Å²) in [6.45, 7) is 3.03. The summed E-state index contributed by atoms with van der Waals surface area (Å²) in [5, 5.41) is 6.47. The largest absolute Gasteiger partial charge is 0.378 e. The molecule has 0 radical (unpaired) electrons. The topological polar surface area (TPSA) is 21.3 Å². The van der Waals surface area contributed by atoms with Gasteiger partial charge in [0.2, 0.25) is 0 Å². The minimum Gasteiger partial charge on any atom is -0.378 e. The van der Waals surface area contributed by atoms with Crippen molar-refractivity contribution in [3.05, 3.63) is 20.8 Å². The maximum absolute atomic E-state index is 6.33. The molecule has 0 aliphatic carbocycles. The van der Waals surface area contributed by atoms with Gasteiger partial charge in [-0.1, -0.05) is 11.6 Å². The van der Waals surface area contributed by atoms with Crippen LogP contribution in [0.3, 0.4) is 0 Å². The molecule has 1 aromatic heterocycles. The van der Waals surface area contributed by atoms with E-state index in [0.717, 1.165) is 18.1 Å². The third-order valence-corrected chi connectivity index (χ3v) is 5.46. The molecule has 0 aromatic carbocycles. The molecule has 0 bridgehead atoms. The monoisotopic (exact) mass is 287 g/mol. The van der Waals surface area contributed by atoms with E-state index in [2.05, 4.69) is 17.6 Å². The Morgan fingerprint density at radius 1 is 1.61 bits per heavy atom. The number of thiophene rings is 1. The van der Waals surface area contributed by atoms with E-state index in [1.54, 1.807) is 11.3 Å². The highest BCUT2D eigenvalue weighted by molar-refractivity contribution is 7.10. The molecule has 2 heterocycles. The van der Waals surface area contributed by atoms with Crippen molar-refractivity contribution in [3.63, 3.8) is 0 Å². The highest BCUT2D eigenvalue weighted by Gasteiger charge is 2.19. The van der Waals surface area contributed by atoms with Gasteiger partial charge in [0.15, 0.2) is 0 Å². The van der Waals surface area contributed by atoms with Crippen molar-refractivity contribution >= 4 is 22.9 Å². The summed E-state index contributed by atoms with van der Waals surface area (Å²) in [6, 6.07) is 0.387. The highest BCUT2D eigenvalue weighted by Crippen LogP contribution is 2.34. The van der Waals surface area contributed by atoms with Crippen LogP contribution < -0.4 is 5.32 Å². The van der Waals surface area contributed by atoms with Crippen LogP contribution in [0.1, 0.15) is 48.6 Å². The second-order valence-corrected chi connectivity index (χ2v) is 6.29. The van der Waals surface area contributed by atoms with Crippen LogP contribution in [0, 0.1) is 6.92 Å². The maximum Gasteiger partial charge on any atom is 0.0590 e. The average Bonchev–Trinajstić information content (AvgIpc) is 2.98. The van der Waals surface area contributed by atoms with Gasteiger partial charge >= 0.3 is 0 Å². The summed E-state index contributed by atoms with van der Waals surface area (Å²) in [4.78, 5) is 1.28. The minimum atomic E-state index is 0.387. The summed E-state index contributed by atoms with van der Waals surface area (Å²) in [5.74, 6) is 0. The van der Waals surface area contributed by atoms with E-state index in [4.69, 9.17) is 16.3 Å². The van der Waals surface area contributed by atoms with Crippen molar-refractivity contribution in [2.75, 3.05) is 13.7 Å². The predicted molar refractivity (Wildman–Crippen MR) is 78.7 cm³/mol. The number of hydrogen-bond acceptors (Lipinski definition) is 3. The number of aryl methyl sites for hydroxylation is 1. The normalized spacial score (nSPS) is 21.4. The van der Waals surface area contributed by atoms with Crippen molar-refractivity contribution in [3.8, 4) is 0 Å². The number of nitrogens with one attached hydrogen (secondary N) is 1. The van der Waals surface area contributed by atoms with Crippen LogP contribution in [0.4, 0.5) is 0 Å². The number of hydrogen-bond donors (Lipinski definition) is 1. The van der Waals surface area contributed by atoms with Gasteiger partial charge < -0.3 is 10.1 Å². The molecule has 1 aliphatic heterocycles. The quantitative estimate of drug-likeness (QED) is 0.841. The third-order valence-electron chi connectivity index (χ3n) is 3.63. The first kappa shape index (κ1) is 14.3. The molecular weight excluding hydrogens is 266 g/mol. The standard InChI is InChI=1S/C14H22ClNOS/c1-10-9-18-14(13(10)15)12(16-2)7-3-5-11-6-4-8-17-11/h9,11-12,16H,3-8H2,1-2H3. The van der Waals surface area contributed by atoms with Gasteiger partial charge in [0.05, 0.1) is 11.1 Å². The molecule has 102 valence electrons. The van der Waals surface area contributed by atoms with Gasteiger partial charge in [-0.3, -0.25) is 0 Å². The molecular formula is C14H22ClNOS. The van der Waals surface area contributed by atoms with E-state index in [-0.39, 0.29) is 0 Å². The Hall–Kier alpha value is -0.0900. The van der Waals surface area contributed by atoms with Crippen LogP contribution in [0.25, 0.3) is 0 Å². The minimum absolute atomic E-state index is 0.387. The fraction of sp³-hybridized carbons (Fsp3) is 0.714. The zero-order valence-corrected chi connectivity index (χ0v) is 12.7. The van der Waals surface area contributed by atoms with Gasteiger partial charge in [-0.05, 0) is 57.0 Å². The van der Waals surface area contributed by atoms with Crippen molar-refractivity contribution in [2.45, 2.75) is 51.2 Å². The molecule has 1 aromatic rings. The lowest BCUT2D eigenvalue weighted by Gasteiger charge is -2.16. The molecule has 2 nitrogen and oxygen atoms in total. The molecule has 1 N–H and O–H groups in total. The Morgan fingerprint density at radius 3 is 3.00 bits per heavy atom. The second-order valence-electron chi connectivity index (χ2n) is 5.00. The van der Waals surface area contributed by atoms with E-state index >= 15 is 0 Å². The molecule has 1 fully saturated rings. The molecule has 0 spiro atoms. The van der Waals surface area contributed by atoms with Gasteiger partial charge in [0.1, 0.15) is 0 Å². The van der Waals surface area contributed by atoms with Gasteiger partial charge in [-0.15, -0.1) is 11.3 Å². The molecule has 4 heteroatoms. The van der Waals surface area contributed by atoms with E-state index in [9.17, 15) is 0 Å². The molecule has 2 atom stereocenters. The number of ether oxygens (including phenoxy) is 1. The fourth-order valence-corrected chi connectivity index (χ4v) is 3.98. The summed E-state index contributed by atoms with van der Waals surface area (Å²) < 4.78 is 5.66. The Bertz CT molecular complexity index is 374. The van der Waals surface area contributed by atoms with E-state index in [1.807, 2.05) is 7.05 Å². The average molecular weight is 288 g/mol. The number of rotatable bonds is 6. The lowest BCUT2D eigenvalue weighted by atomic mass is 10.0. The Labute approximate surface area is 119 Å². The van der Waals surface area contributed by atoms with E-state index in [0.29, 0.717) is 12.1 Å². The zero-order valence-electron chi connectivity index (χ0n) is 11.2. The van der Waals surface area contributed by atoms with Crippen molar-refractivity contribution < 1.29 is 4.74 Å².